The lowest BCUT2D eigenvalue weighted by atomic mass is 9.98. The number of rotatable bonds is 0. The fraction of sp³-hybridized carbons (Fsp3) is 0.300. The molecule has 3 heteroatoms. The predicted molar refractivity (Wildman–Crippen MR) is 48.7 cm³/mol. The van der Waals surface area contributed by atoms with Crippen LogP contribution in [0.15, 0.2) is 0 Å². The van der Waals surface area contributed by atoms with Crippen molar-refractivity contribution < 1.29 is 10.2 Å². The SMILES string of the molecule is Cc1c(C)c(C#N)c(O)c(C)c1O. The van der Waals surface area contributed by atoms with E-state index in [1.54, 1.807) is 20.8 Å². The van der Waals surface area contributed by atoms with Crippen LogP contribution in [-0.4, -0.2) is 10.2 Å². The van der Waals surface area contributed by atoms with Crippen molar-refractivity contribution in [3.8, 4) is 17.6 Å². The van der Waals surface area contributed by atoms with Gasteiger partial charge in [0.05, 0.1) is 5.56 Å². The van der Waals surface area contributed by atoms with E-state index < -0.39 is 0 Å². The fourth-order valence-electron chi connectivity index (χ4n) is 1.26. The minimum absolute atomic E-state index is 0.0639. The zero-order valence-electron chi connectivity index (χ0n) is 7.84. The van der Waals surface area contributed by atoms with Gasteiger partial charge in [-0.25, -0.2) is 0 Å². The Morgan fingerprint density at radius 3 is 1.92 bits per heavy atom. The van der Waals surface area contributed by atoms with E-state index in [4.69, 9.17) is 5.26 Å². The summed E-state index contributed by atoms with van der Waals surface area (Å²) in [5.41, 5.74) is 1.88. The van der Waals surface area contributed by atoms with Crippen LogP contribution in [0.1, 0.15) is 22.3 Å². The van der Waals surface area contributed by atoms with E-state index in [1.165, 1.54) is 0 Å². The molecule has 0 radical (unpaired) electrons. The molecule has 0 amide bonds. The number of phenols is 2. The molecule has 0 spiro atoms. The number of benzene rings is 1. The summed E-state index contributed by atoms with van der Waals surface area (Å²) in [6.07, 6.45) is 0. The van der Waals surface area contributed by atoms with Crippen molar-refractivity contribution in [2.24, 2.45) is 0 Å². The zero-order valence-corrected chi connectivity index (χ0v) is 7.84. The summed E-state index contributed by atoms with van der Waals surface area (Å²) in [4.78, 5) is 0. The monoisotopic (exact) mass is 177 g/mol. The van der Waals surface area contributed by atoms with E-state index in [-0.39, 0.29) is 17.1 Å². The minimum Gasteiger partial charge on any atom is -0.507 e. The van der Waals surface area contributed by atoms with Crippen molar-refractivity contribution in [2.75, 3.05) is 0 Å². The Kier molecular flexibility index (Phi) is 2.16. The number of phenolic OH excluding ortho intramolecular Hbond substituents is 2. The normalized spacial score (nSPS) is 9.69. The zero-order chi connectivity index (χ0) is 10.2. The average molecular weight is 177 g/mol. The van der Waals surface area contributed by atoms with Crippen molar-refractivity contribution in [1.29, 1.82) is 5.26 Å². The van der Waals surface area contributed by atoms with Gasteiger partial charge in [0.15, 0.2) is 0 Å². The first-order valence-corrected chi connectivity index (χ1v) is 3.92. The van der Waals surface area contributed by atoms with Crippen LogP contribution < -0.4 is 0 Å². The summed E-state index contributed by atoms with van der Waals surface area (Å²) >= 11 is 0. The second-order valence-electron chi connectivity index (χ2n) is 3.06. The molecular formula is C10H11NO2. The van der Waals surface area contributed by atoms with Crippen LogP contribution in [0.25, 0.3) is 0 Å². The summed E-state index contributed by atoms with van der Waals surface area (Å²) in [5, 5.41) is 27.8. The molecule has 1 rings (SSSR count). The van der Waals surface area contributed by atoms with Gasteiger partial charge in [-0.05, 0) is 31.9 Å². The topological polar surface area (TPSA) is 64.2 Å². The number of aromatic hydroxyl groups is 2. The van der Waals surface area contributed by atoms with Crippen molar-refractivity contribution in [2.45, 2.75) is 20.8 Å². The Morgan fingerprint density at radius 1 is 0.923 bits per heavy atom. The van der Waals surface area contributed by atoms with E-state index in [0.29, 0.717) is 16.7 Å². The first-order valence-electron chi connectivity index (χ1n) is 3.92. The lowest BCUT2D eigenvalue weighted by Crippen LogP contribution is -1.92. The quantitative estimate of drug-likeness (QED) is 0.636. The molecule has 0 saturated carbocycles. The van der Waals surface area contributed by atoms with E-state index in [0.717, 1.165) is 0 Å². The molecule has 3 nitrogen and oxygen atoms in total. The molecular weight excluding hydrogens is 166 g/mol. The summed E-state index contributed by atoms with van der Waals surface area (Å²) in [7, 11) is 0. The summed E-state index contributed by atoms with van der Waals surface area (Å²) < 4.78 is 0. The van der Waals surface area contributed by atoms with Gasteiger partial charge in [-0.1, -0.05) is 0 Å². The molecule has 0 saturated heterocycles. The fourth-order valence-corrected chi connectivity index (χ4v) is 1.26. The summed E-state index contributed by atoms with van der Waals surface area (Å²) in [6.45, 7) is 5.00. The molecule has 13 heavy (non-hydrogen) atoms. The van der Waals surface area contributed by atoms with Gasteiger partial charge in [-0.2, -0.15) is 5.26 Å². The number of nitriles is 1. The van der Waals surface area contributed by atoms with Gasteiger partial charge in [0, 0.05) is 5.56 Å². The van der Waals surface area contributed by atoms with E-state index in [9.17, 15) is 10.2 Å². The molecule has 0 heterocycles. The second kappa shape index (κ2) is 2.98. The van der Waals surface area contributed by atoms with Crippen LogP contribution >= 0.6 is 0 Å². The van der Waals surface area contributed by atoms with Crippen LogP contribution in [0, 0.1) is 32.1 Å². The molecule has 0 atom stereocenters. The van der Waals surface area contributed by atoms with Gasteiger partial charge in [-0.3, -0.25) is 0 Å². The Labute approximate surface area is 76.9 Å². The molecule has 0 aliphatic heterocycles. The molecule has 0 aliphatic carbocycles. The third-order valence-electron chi connectivity index (χ3n) is 2.35. The maximum Gasteiger partial charge on any atom is 0.140 e. The molecule has 68 valence electrons. The molecule has 1 aromatic rings. The lowest BCUT2D eigenvalue weighted by molar-refractivity contribution is 0.438. The lowest BCUT2D eigenvalue weighted by Gasteiger charge is -2.10. The number of hydrogen-bond donors (Lipinski definition) is 2. The Bertz CT molecular complexity index is 373. The largest absolute Gasteiger partial charge is 0.507 e. The first-order chi connectivity index (χ1) is 6.00. The van der Waals surface area contributed by atoms with Crippen LogP contribution in [0.2, 0.25) is 0 Å². The molecule has 0 unspecified atom stereocenters. The highest BCUT2D eigenvalue weighted by atomic mass is 16.3. The van der Waals surface area contributed by atoms with Crippen molar-refractivity contribution in [3.63, 3.8) is 0 Å². The average Bonchev–Trinajstić information content (AvgIpc) is 2.13. The standard InChI is InChI=1S/C10H11NO2/c1-5-6(2)9(12)7(3)10(13)8(5)4-11/h12-13H,1-3H3. The van der Waals surface area contributed by atoms with Crippen LogP contribution in [0.3, 0.4) is 0 Å². The van der Waals surface area contributed by atoms with Crippen LogP contribution in [0.5, 0.6) is 11.5 Å². The minimum atomic E-state index is -0.122. The van der Waals surface area contributed by atoms with Gasteiger partial charge >= 0.3 is 0 Å². The van der Waals surface area contributed by atoms with Gasteiger partial charge in [-0.15, -0.1) is 0 Å². The second-order valence-corrected chi connectivity index (χ2v) is 3.06. The first kappa shape index (κ1) is 9.40. The van der Waals surface area contributed by atoms with E-state index in [2.05, 4.69) is 0 Å². The number of hydrogen-bond acceptors (Lipinski definition) is 3. The summed E-state index contributed by atoms with van der Waals surface area (Å²) in [5.74, 6) is -0.0582. The smallest absolute Gasteiger partial charge is 0.140 e. The third-order valence-corrected chi connectivity index (χ3v) is 2.35. The maximum atomic E-state index is 9.52. The highest BCUT2D eigenvalue weighted by Gasteiger charge is 2.15. The Hall–Kier alpha value is -1.69. The molecule has 0 bridgehead atoms. The molecule has 0 aromatic heterocycles. The molecule has 0 aliphatic rings. The highest BCUT2D eigenvalue weighted by molar-refractivity contribution is 5.60. The maximum absolute atomic E-state index is 9.52. The van der Waals surface area contributed by atoms with Gasteiger partial charge in [0.1, 0.15) is 17.6 Å². The van der Waals surface area contributed by atoms with Gasteiger partial charge < -0.3 is 10.2 Å². The van der Waals surface area contributed by atoms with E-state index in [1.807, 2.05) is 6.07 Å². The van der Waals surface area contributed by atoms with E-state index >= 15 is 0 Å². The Morgan fingerprint density at radius 2 is 1.46 bits per heavy atom. The van der Waals surface area contributed by atoms with Crippen LogP contribution in [0.4, 0.5) is 0 Å². The Balaban J connectivity index is 3.69. The van der Waals surface area contributed by atoms with Crippen molar-refractivity contribution in [1.82, 2.24) is 0 Å². The van der Waals surface area contributed by atoms with Crippen molar-refractivity contribution >= 4 is 0 Å². The third kappa shape index (κ3) is 1.20. The van der Waals surface area contributed by atoms with Crippen LogP contribution in [-0.2, 0) is 0 Å². The molecule has 1 aromatic carbocycles. The molecule has 2 N–H and O–H groups in total. The van der Waals surface area contributed by atoms with Gasteiger partial charge in [0.25, 0.3) is 0 Å². The highest BCUT2D eigenvalue weighted by Crippen LogP contribution is 2.35. The van der Waals surface area contributed by atoms with Gasteiger partial charge in [0.2, 0.25) is 0 Å². The number of nitrogens with zero attached hydrogens (tertiary/aromatic N) is 1. The predicted octanol–water partition coefficient (Wildman–Crippen LogP) is 1.89. The van der Waals surface area contributed by atoms with Crippen molar-refractivity contribution in [3.05, 3.63) is 22.3 Å². The molecule has 0 fully saturated rings. The summed E-state index contributed by atoms with van der Waals surface area (Å²) in [6, 6.07) is 1.91.